The number of piperazine rings is 1. The minimum atomic E-state index is -0.263. The lowest BCUT2D eigenvalue weighted by Gasteiger charge is -2.44. The molecule has 2 aromatic rings. The molecule has 0 aliphatic carbocycles. The van der Waals surface area contributed by atoms with Crippen LogP contribution < -0.4 is 9.64 Å². The second-order valence-electron chi connectivity index (χ2n) is 7.99. The fraction of sp³-hybridized carbons (Fsp3) is 0.478. The maximum absolute atomic E-state index is 13.5. The van der Waals surface area contributed by atoms with E-state index in [-0.39, 0.29) is 11.6 Å². The van der Waals surface area contributed by atoms with E-state index in [1.807, 2.05) is 18.2 Å². The molecule has 2 fully saturated rings. The molecule has 0 bridgehead atoms. The predicted octanol–water partition coefficient (Wildman–Crippen LogP) is 3.76. The van der Waals surface area contributed by atoms with Crippen LogP contribution in [-0.2, 0) is 6.54 Å². The van der Waals surface area contributed by atoms with E-state index in [4.69, 9.17) is 4.74 Å². The van der Waals surface area contributed by atoms with Gasteiger partial charge in [-0.15, -0.1) is 0 Å². The third-order valence-electron chi connectivity index (χ3n) is 6.15. The van der Waals surface area contributed by atoms with Gasteiger partial charge in [-0.25, -0.2) is 8.78 Å². The molecule has 0 amide bonds. The number of piperidine rings is 1. The van der Waals surface area contributed by atoms with E-state index in [1.165, 1.54) is 37.1 Å². The number of hydrogen-bond donors (Lipinski definition) is 0. The van der Waals surface area contributed by atoms with Gasteiger partial charge in [-0.1, -0.05) is 6.07 Å². The van der Waals surface area contributed by atoms with Crippen molar-refractivity contribution in [2.24, 2.45) is 0 Å². The van der Waals surface area contributed by atoms with Crippen molar-refractivity contribution in [3.8, 4) is 5.75 Å². The molecule has 0 radical (unpaired) electrons. The summed E-state index contributed by atoms with van der Waals surface area (Å²) in [6, 6.07) is 12.1. The molecule has 6 heteroatoms. The number of benzene rings is 2. The molecular formula is C23H29F2N3O. The molecule has 0 spiro atoms. The number of rotatable bonds is 5. The van der Waals surface area contributed by atoms with Gasteiger partial charge in [0.25, 0.3) is 0 Å². The lowest BCUT2D eigenvalue weighted by molar-refractivity contribution is 0.0883. The number of halogens is 2. The summed E-state index contributed by atoms with van der Waals surface area (Å²) in [6.45, 7) is 6.85. The summed E-state index contributed by atoms with van der Waals surface area (Å²) in [6.07, 6.45) is 2.39. The average molecular weight is 402 g/mol. The number of likely N-dealkylation sites (tertiary alicyclic amines) is 1. The van der Waals surface area contributed by atoms with Gasteiger partial charge in [0.05, 0.1) is 7.11 Å². The molecule has 2 aromatic carbocycles. The van der Waals surface area contributed by atoms with Crippen molar-refractivity contribution in [2.45, 2.75) is 25.4 Å². The number of anilines is 1. The van der Waals surface area contributed by atoms with E-state index in [0.717, 1.165) is 57.1 Å². The zero-order valence-corrected chi connectivity index (χ0v) is 17.0. The fourth-order valence-electron chi connectivity index (χ4n) is 4.56. The third-order valence-corrected chi connectivity index (χ3v) is 6.15. The standard InChI is InChI=1S/C23H29F2N3O/c1-29-23-15-20(25)5-4-18(23)16-26-10-2-3-22(17-26)28-13-11-27(12-14-28)21-8-6-19(24)7-9-21/h4-9,15,22H,2-3,10-14,16-17H2,1H3/t22-/m0/s1. The Labute approximate surface area is 171 Å². The monoisotopic (exact) mass is 401 g/mol. The van der Waals surface area contributed by atoms with Gasteiger partial charge in [0.2, 0.25) is 0 Å². The van der Waals surface area contributed by atoms with Gasteiger partial charge in [-0.2, -0.15) is 0 Å². The highest BCUT2D eigenvalue weighted by molar-refractivity contribution is 5.46. The van der Waals surface area contributed by atoms with Gasteiger partial charge in [-0.3, -0.25) is 9.80 Å². The molecule has 4 nitrogen and oxygen atoms in total. The van der Waals surface area contributed by atoms with Crippen molar-refractivity contribution in [3.63, 3.8) is 0 Å². The number of methoxy groups -OCH3 is 1. The molecule has 2 saturated heterocycles. The highest BCUT2D eigenvalue weighted by atomic mass is 19.1. The van der Waals surface area contributed by atoms with Crippen LogP contribution in [0.5, 0.6) is 5.75 Å². The van der Waals surface area contributed by atoms with E-state index >= 15 is 0 Å². The van der Waals surface area contributed by atoms with Crippen LogP contribution in [-0.4, -0.2) is 62.2 Å². The van der Waals surface area contributed by atoms with Crippen molar-refractivity contribution in [1.82, 2.24) is 9.80 Å². The van der Waals surface area contributed by atoms with Crippen molar-refractivity contribution in [1.29, 1.82) is 0 Å². The molecule has 4 rings (SSSR count). The number of hydrogen-bond acceptors (Lipinski definition) is 4. The van der Waals surface area contributed by atoms with Crippen LogP contribution in [0.4, 0.5) is 14.5 Å². The van der Waals surface area contributed by atoms with Gasteiger partial charge < -0.3 is 9.64 Å². The molecule has 2 aliphatic heterocycles. The lowest BCUT2D eigenvalue weighted by Crippen LogP contribution is -2.55. The van der Waals surface area contributed by atoms with Crippen LogP contribution in [0.3, 0.4) is 0 Å². The molecular weight excluding hydrogens is 372 g/mol. The second-order valence-corrected chi connectivity index (χ2v) is 7.99. The summed E-state index contributed by atoms with van der Waals surface area (Å²) in [5.41, 5.74) is 2.13. The quantitative estimate of drug-likeness (QED) is 0.759. The Kier molecular flexibility index (Phi) is 6.31. The average Bonchev–Trinajstić information content (AvgIpc) is 2.76. The van der Waals surface area contributed by atoms with Crippen LogP contribution >= 0.6 is 0 Å². The minimum Gasteiger partial charge on any atom is -0.496 e. The normalized spacial score (nSPS) is 21.3. The summed E-state index contributed by atoms with van der Waals surface area (Å²) >= 11 is 0. The summed E-state index contributed by atoms with van der Waals surface area (Å²) in [5, 5.41) is 0. The Morgan fingerprint density at radius 2 is 1.66 bits per heavy atom. The second kappa shape index (κ2) is 9.09. The molecule has 2 aliphatic rings. The molecule has 0 N–H and O–H groups in total. The van der Waals surface area contributed by atoms with Gasteiger partial charge in [-0.05, 0) is 49.7 Å². The molecule has 29 heavy (non-hydrogen) atoms. The summed E-state index contributed by atoms with van der Waals surface area (Å²) in [7, 11) is 1.60. The minimum absolute atomic E-state index is 0.188. The van der Waals surface area contributed by atoms with E-state index in [1.54, 1.807) is 7.11 Å². The van der Waals surface area contributed by atoms with Crippen molar-refractivity contribution < 1.29 is 13.5 Å². The Morgan fingerprint density at radius 1 is 0.931 bits per heavy atom. The maximum Gasteiger partial charge on any atom is 0.126 e. The predicted molar refractivity (Wildman–Crippen MR) is 111 cm³/mol. The van der Waals surface area contributed by atoms with Crippen LogP contribution in [0.1, 0.15) is 18.4 Å². The first kappa shape index (κ1) is 20.1. The van der Waals surface area contributed by atoms with E-state index in [0.29, 0.717) is 11.8 Å². The van der Waals surface area contributed by atoms with Crippen LogP contribution in [0.25, 0.3) is 0 Å². The Morgan fingerprint density at radius 3 is 2.38 bits per heavy atom. The number of ether oxygens (including phenoxy) is 1. The Balaban J connectivity index is 1.33. The molecule has 1 atom stereocenters. The largest absolute Gasteiger partial charge is 0.496 e. The molecule has 0 aromatic heterocycles. The number of nitrogens with zero attached hydrogens (tertiary/aromatic N) is 3. The van der Waals surface area contributed by atoms with Crippen molar-refractivity contribution in [2.75, 3.05) is 51.3 Å². The first-order chi connectivity index (χ1) is 14.1. The SMILES string of the molecule is COc1cc(F)ccc1CN1CCC[C@H](N2CCN(c3ccc(F)cc3)CC2)C1. The highest BCUT2D eigenvalue weighted by Crippen LogP contribution is 2.25. The fourth-order valence-corrected chi connectivity index (χ4v) is 4.56. The molecule has 0 saturated carbocycles. The van der Waals surface area contributed by atoms with E-state index in [2.05, 4.69) is 14.7 Å². The molecule has 0 unspecified atom stereocenters. The summed E-state index contributed by atoms with van der Waals surface area (Å²) < 4.78 is 32.0. The Bertz CT molecular complexity index is 806. The zero-order valence-electron chi connectivity index (χ0n) is 17.0. The summed E-state index contributed by atoms with van der Waals surface area (Å²) in [4.78, 5) is 7.38. The Hall–Kier alpha value is -2.18. The topological polar surface area (TPSA) is 19.0 Å². The smallest absolute Gasteiger partial charge is 0.126 e. The van der Waals surface area contributed by atoms with Gasteiger partial charge in [0.15, 0.2) is 0 Å². The maximum atomic E-state index is 13.5. The highest BCUT2D eigenvalue weighted by Gasteiger charge is 2.28. The zero-order chi connectivity index (χ0) is 20.2. The summed E-state index contributed by atoms with van der Waals surface area (Å²) in [5.74, 6) is 0.175. The van der Waals surface area contributed by atoms with Crippen LogP contribution in [0.15, 0.2) is 42.5 Å². The van der Waals surface area contributed by atoms with Gasteiger partial charge >= 0.3 is 0 Å². The van der Waals surface area contributed by atoms with Crippen LogP contribution in [0.2, 0.25) is 0 Å². The molecule has 156 valence electrons. The van der Waals surface area contributed by atoms with E-state index < -0.39 is 0 Å². The first-order valence-corrected chi connectivity index (χ1v) is 10.4. The third kappa shape index (κ3) is 4.87. The molecule has 2 heterocycles. The van der Waals surface area contributed by atoms with Crippen LogP contribution in [0, 0.1) is 11.6 Å². The lowest BCUT2D eigenvalue weighted by atomic mass is 10.0. The van der Waals surface area contributed by atoms with Gasteiger partial charge in [0, 0.05) is 62.6 Å². The van der Waals surface area contributed by atoms with Gasteiger partial charge in [0.1, 0.15) is 17.4 Å². The first-order valence-electron chi connectivity index (χ1n) is 10.4. The van der Waals surface area contributed by atoms with E-state index in [9.17, 15) is 8.78 Å². The van der Waals surface area contributed by atoms with Crippen molar-refractivity contribution in [3.05, 3.63) is 59.7 Å². The van der Waals surface area contributed by atoms with Crippen molar-refractivity contribution >= 4 is 5.69 Å².